The zero-order chi connectivity index (χ0) is 21.5. The van der Waals surface area contributed by atoms with Crippen molar-refractivity contribution in [3.63, 3.8) is 0 Å². The second-order valence-corrected chi connectivity index (χ2v) is 8.46. The molecule has 0 unspecified atom stereocenters. The number of fused-ring (bicyclic) bond motifs is 1. The van der Waals surface area contributed by atoms with Gasteiger partial charge in [-0.25, -0.2) is 4.98 Å². The Balaban J connectivity index is 1.57. The van der Waals surface area contributed by atoms with Gasteiger partial charge in [0.15, 0.2) is 5.78 Å². The number of methoxy groups -OCH3 is 1. The molecule has 3 aromatic rings. The fourth-order valence-corrected chi connectivity index (χ4v) is 4.25. The lowest BCUT2D eigenvalue weighted by Crippen LogP contribution is -2.11. The van der Waals surface area contributed by atoms with E-state index < -0.39 is 6.61 Å². The first-order valence-electron chi connectivity index (χ1n) is 10.7. The second-order valence-electron chi connectivity index (χ2n) is 8.46. The summed E-state index contributed by atoms with van der Waals surface area (Å²) < 4.78 is 38.5. The summed E-state index contributed by atoms with van der Waals surface area (Å²) in [7, 11) is 1.43. The lowest BCUT2D eigenvalue weighted by molar-refractivity contribution is -0.0502. The molecule has 2 aliphatic carbocycles. The maximum Gasteiger partial charge on any atom is 0.387 e. The third kappa shape index (κ3) is 3.89. The standard InChI is InChI=1S/C24H24F2N2O3/c1-30-20-10-17(11-21(31-24(25)26)23(20)19(29)9-14-5-6-14)18-13-27-22-12-16(7-8-28(18)22)15-3-2-4-15/h7-8,10-15,24H,2-6,9H2,1H3. The molecule has 0 amide bonds. The molecule has 0 bridgehead atoms. The molecule has 5 nitrogen and oxygen atoms in total. The van der Waals surface area contributed by atoms with Crippen molar-refractivity contribution in [1.82, 2.24) is 9.38 Å². The van der Waals surface area contributed by atoms with Gasteiger partial charge in [0.2, 0.25) is 0 Å². The predicted octanol–water partition coefficient (Wildman–Crippen LogP) is 5.86. The largest absolute Gasteiger partial charge is 0.496 e. The maximum absolute atomic E-state index is 13.2. The summed E-state index contributed by atoms with van der Waals surface area (Å²) in [6.07, 6.45) is 9.61. The van der Waals surface area contributed by atoms with Crippen LogP contribution in [0.25, 0.3) is 16.9 Å². The zero-order valence-corrected chi connectivity index (χ0v) is 17.3. The van der Waals surface area contributed by atoms with E-state index in [2.05, 4.69) is 17.1 Å². The second kappa shape index (κ2) is 7.94. The minimum atomic E-state index is -3.04. The number of halogens is 2. The number of ketones is 1. The first kappa shape index (κ1) is 20.0. The van der Waals surface area contributed by atoms with Crippen LogP contribution < -0.4 is 9.47 Å². The minimum absolute atomic E-state index is 0.0829. The fourth-order valence-electron chi connectivity index (χ4n) is 4.25. The Morgan fingerprint density at radius 3 is 2.61 bits per heavy atom. The van der Waals surface area contributed by atoms with Crippen molar-refractivity contribution in [2.75, 3.05) is 7.11 Å². The Morgan fingerprint density at radius 1 is 1.19 bits per heavy atom. The average molecular weight is 426 g/mol. The monoisotopic (exact) mass is 426 g/mol. The summed E-state index contributed by atoms with van der Waals surface area (Å²) >= 11 is 0. The molecule has 0 N–H and O–H groups in total. The van der Waals surface area contributed by atoms with Gasteiger partial charge in [-0.15, -0.1) is 0 Å². The number of hydrogen-bond donors (Lipinski definition) is 0. The first-order chi connectivity index (χ1) is 15.0. The number of aromatic nitrogens is 2. The molecular weight excluding hydrogens is 402 g/mol. The van der Waals surface area contributed by atoms with E-state index in [9.17, 15) is 13.6 Å². The topological polar surface area (TPSA) is 52.8 Å². The fraction of sp³-hybridized carbons (Fsp3) is 0.417. The number of pyridine rings is 1. The van der Waals surface area contributed by atoms with Gasteiger partial charge in [-0.2, -0.15) is 8.78 Å². The van der Waals surface area contributed by atoms with Gasteiger partial charge in [0.05, 0.1) is 19.0 Å². The van der Waals surface area contributed by atoms with Crippen LogP contribution >= 0.6 is 0 Å². The highest BCUT2D eigenvalue weighted by Gasteiger charge is 2.30. The molecule has 0 atom stereocenters. The molecule has 0 radical (unpaired) electrons. The van der Waals surface area contributed by atoms with Crippen molar-refractivity contribution in [2.24, 2.45) is 5.92 Å². The van der Waals surface area contributed by atoms with E-state index in [4.69, 9.17) is 9.47 Å². The number of alkyl halides is 2. The van der Waals surface area contributed by atoms with Crippen LogP contribution in [0.3, 0.4) is 0 Å². The summed E-state index contributed by atoms with van der Waals surface area (Å²) in [5, 5.41) is 0. The molecule has 2 fully saturated rings. The molecule has 0 aliphatic heterocycles. The average Bonchev–Trinajstić information content (AvgIpc) is 3.41. The first-order valence-corrected chi connectivity index (χ1v) is 10.7. The Bertz CT molecular complexity index is 1130. The Hall–Kier alpha value is -2.96. The maximum atomic E-state index is 13.2. The predicted molar refractivity (Wildman–Crippen MR) is 112 cm³/mol. The SMILES string of the molecule is COc1cc(-c2cnc3cc(C4CCC4)ccn23)cc(OC(F)F)c1C(=O)CC1CC1. The Kier molecular flexibility index (Phi) is 5.12. The van der Waals surface area contributed by atoms with Crippen molar-refractivity contribution in [1.29, 1.82) is 0 Å². The van der Waals surface area contributed by atoms with Gasteiger partial charge in [-0.1, -0.05) is 6.42 Å². The molecule has 5 rings (SSSR count). The number of benzene rings is 1. The lowest BCUT2D eigenvalue weighted by Gasteiger charge is -2.25. The van der Waals surface area contributed by atoms with Crippen LogP contribution in [-0.2, 0) is 0 Å². The zero-order valence-electron chi connectivity index (χ0n) is 17.3. The van der Waals surface area contributed by atoms with Crippen LogP contribution in [0.5, 0.6) is 11.5 Å². The summed E-state index contributed by atoms with van der Waals surface area (Å²) in [5.41, 5.74) is 3.47. The summed E-state index contributed by atoms with van der Waals surface area (Å²) in [6, 6.07) is 7.35. The van der Waals surface area contributed by atoms with Crippen LogP contribution in [0, 0.1) is 5.92 Å². The molecule has 1 aromatic carbocycles. The molecule has 2 aromatic heterocycles. The van der Waals surface area contributed by atoms with E-state index in [0.29, 0.717) is 29.5 Å². The van der Waals surface area contributed by atoms with Gasteiger partial charge in [0.1, 0.15) is 22.7 Å². The number of hydrogen-bond acceptors (Lipinski definition) is 4. The van der Waals surface area contributed by atoms with E-state index in [-0.39, 0.29) is 22.8 Å². The highest BCUT2D eigenvalue weighted by Crippen LogP contribution is 2.41. The summed E-state index contributed by atoms with van der Waals surface area (Å²) in [5.74, 6) is 0.758. The molecule has 7 heteroatoms. The molecule has 2 heterocycles. The molecule has 2 saturated carbocycles. The van der Waals surface area contributed by atoms with E-state index in [0.717, 1.165) is 18.5 Å². The minimum Gasteiger partial charge on any atom is -0.496 e. The van der Waals surface area contributed by atoms with Crippen molar-refractivity contribution in [3.05, 3.63) is 47.8 Å². The van der Waals surface area contributed by atoms with Crippen LogP contribution in [0.1, 0.15) is 60.4 Å². The van der Waals surface area contributed by atoms with Crippen molar-refractivity contribution >= 4 is 11.4 Å². The van der Waals surface area contributed by atoms with Crippen LogP contribution in [-0.4, -0.2) is 28.9 Å². The summed E-state index contributed by atoms with van der Waals surface area (Å²) in [4.78, 5) is 17.3. The molecule has 2 aliphatic rings. The number of ether oxygens (including phenoxy) is 2. The van der Waals surface area contributed by atoms with E-state index in [1.165, 1.54) is 38.0 Å². The third-order valence-electron chi connectivity index (χ3n) is 6.36. The normalized spacial score (nSPS) is 16.5. The number of imidazole rings is 1. The van der Waals surface area contributed by atoms with Crippen LogP contribution in [0.4, 0.5) is 8.78 Å². The molecular formula is C24H24F2N2O3. The number of carbonyl (C=O) groups excluding carboxylic acids is 1. The molecule has 162 valence electrons. The van der Waals surface area contributed by atoms with Crippen molar-refractivity contribution in [3.8, 4) is 22.8 Å². The van der Waals surface area contributed by atoms with E-state index in [1.54, 1.807) is 12.3 Å². The highest BCUT2D eigenvalue weighted by atomic mass is 19.3. The van der Waals surface area contributed by atoms with Gasteiger partial charge < -0.3 is 9.47 Å². The van der Waals surface area contributed by atoms with Gasteiger partial charge in [-0.05, 0) is 67.3 Å². The van der Waals surface area contributed by atoms with Gasteiger partial charge >= 0.3 is 6.61 Å². The number of Topliss-reactive ketones (excluding diaryl/α,β-unsaturated/α-hetero) is 1. The highest BCUT2D eigenvalue weighted by molar-refractivity contribution is 6.02. The van der Waals surface area contributed by atoms with Crippen LogP contribution in [0.15, 0.2) is 36.7 Å². The van der Waals surface area contributed by atoms with Crippen molar-refractivity contribution in [2.45, 2.75) is 51.1 Å². The van der Waals surface area contributed by atoms with Crippen molar-refractivity contribution < 1.29 is 23.0 Å². The quantitative estimate of drug-likeness (QED) is 0.423. The lowest BCUT2D eigenvalue weighted by atomic mass is 9.80. The van der Waals surface area contributed by atoms with E-state index in [1.807, 2.05) is 10.6 Å². The molecule has 0 saturated heterocycles. The molecule has 31 heavy (non-hydrogen) atoms. The number of rotatable bonds is 8. The summed E-state index contributed by atoms with van der Waals surface area (Å²) in [6.45, 7) is -3.04. The third-order valence-corrected chi connectivity index (χ3v) is 6.36. The van der Waals surface area contributed by atoms with E-state index >= 15 is 0 Å². The smallest absolute Gasteiger partial charge is 0.387 e. The van der Waals surface area contributed by atoms with Gasteiger partial charge in [0, 0.05) is 18.2 Å². The Morgan fingerprint density at radius 2 is 1.97 bits per heavy atom. The van der Waals surface area contributed by atoms with Gasteiger partial charge in [0.25, 0.3) is 0 Å². The van der Waals surface area contributed by atoms with Crippen LogP contribution in [0.2, 0.25) is 0 Å². The van der Waals surface area contributed by atoms with Gasteiger partial charge in [-0.3, -0.25) is 9.20 Å². The number of nitrogens with zero attached hydrogens (tertiary/aromatic N) is 2. The Labute approximate surface area is 179 Å². The molecule has 0 spiro atoms. The number of carbonyl (C=O) groups is 1.